The largest absolute Gasteiger partial charge is 0.461 e. The van der Waals surface area contributed by atoms with Gasteiger partial charge in [0.1, 0.15) is 11.3 Å². The first kappa shape index (κ1) is 19.5. The highest BCUT2D eigenvalue weighted by Crippen LogP contribution is 2.31. The van der Waals surface area contributed by atoms with Gasteiger partial charge in [-0.3, -0.25) is 29.7 Å². The molecule has 0 atom stereocenters. The smallest absolute Gasteiger partial charge is 0.356 e. The fourth-order valence-electron chi connectivity index (χ4n) is 2.30. The highest BCUT2D eigenvalue weighted by atomic mass is 16.6. The minimum Gasteiger partial charge on any atom is -0.461 e. The molecule has 12 nitrogen and oxygen atoms in total. The summed E-state index contributed by atoms with van der Waals surface area (Å²) >= 11 is 0. The Morgan fingerprint density at radius 1 is 1.19 bits per heavy atom. The third kappa shape index (κ3) is 4.05. The van der Waals surface area contributed by atoms with Crippen LogP contribution in [0.1, 0.15) is 33.5 Å². The molecule has 2 rings (SSSR count). The molecule has 0 aliphatic rings. The number of esters is 1. The van der Waals surface area contributed by atoms with Crippen LogP contribution in [-0.2, 0) is 11.8 Å². The Kier molecular flexibility index (Phi) is 5.48. The number of aromatic nitrogens is 2. The van der Waals surface area contributed by atoms with Crippen LogP contribution in [0.3, 0.4) is 0 Å². The number of nitrogens with zero attached hydrogens (tertiary/aromatic N) is 4. The number of hydrogen-bond acceptors (Lipinski definition) is 8. The Morgan fingerprint density at radius 3 is 2.22 bits per heavy atom. The van der Waals surface area contributed by atoms with E-state index in [2.05, 4.69) is 10.4 Å². The van der Waals surface area contributed by atoms with Gasteiger partial charge in [-0.2, -0.15) is 5.10 Å². The Hall–Kier alpha value is -3.83. The second-order valence-electron chi connectivity index (χ2n) is 5.37. The predicted octanol–water partition coefficient (Wildman–Crippen LogP) is 1.97. The molecular weight excluding hydrogens is 362 g/mol. The molecule has 0 aliphatic heterocycles. The molecule has 0 aliphatic carbocycles. The van der Waals surface area contributed by atoms with Gasteiger partial charge < -0.3 is 10.1 Å². The van der Waals surface area contributed by atoms with Crippen molar-refractivity contribution in [3.63, 3.8) is 0 Å². The zero-order chi connectivity index (χ0) is 20.3. The average molecular weight is 377 g/mol. The molecule has 2 aromatic rings. The quantitative estimate of drug-likeness (QED) is 0.454. The number of anilines is 1. The van der Waals surface area contributed by atoms with Crippen LogP contribution < -0.4 is 5.32 Å². The van der Waals surface area contributed by atoms with Crippen LogP contribution in [0.4, 0.5) is 17.1 Å². The molecule has 1 N–H and O–H groups in total. The van der Waals surface area contributed by atoms with Gasteiger partial charge in [0.2, 0.25) is 0 Å². The fourth-order valence-corrected chi connectivity index (χ4v) is 2.30. The molecule has 1 aromatic carbocycles. The molecule has 0 saturated carbocycles. The number of amides is 1. The molecule has 0 bridgehead atoms. The van der Waals surface area contributed by atoms with E-state index in [1.165, 1.54) is 20.0 Å². The van der Waals surface area contributed by atoms with E-state index >= 15 is 0 Å². The number of hydrogen-bond donors (Lipinski definition) is 1. The summed E-state index contributed by atoms with van der Waals surface area (Å²) < 4.78 is 5.98. The molecule has 12 heteroatoms. The summed E-state index contributed by atoms with van der Waals surface area (Å²) in [5.74, 6) is -1.47. The summed E-state index contributed by atoms with van der Waals surface area (Å²) in [5.41, 5.74) is -1.42. The third-order valence-corrected chi connectivity index (χ3v) is 3.60. The zero-order valence-corrected chi connectivity index (χ0v) is 14.6. The van der Waals surface area contributed by atoms with Crippen molar-refractivity contribution in [3.05, 3.63) is 55.4 Å². The van der Waals surface area contributed by atoms with Gasteiger partial charge in [-0.1, -0.05) is 0 Å². The van der Waals surface area contributed by atoms with Crippen molar-refractivity contribution in [3.8, 4) is 0 Å². The lowest BCUT2D eigenvalue weighted by atomic mass is 10.1. The second kappa shape index (κ2) is 7.59. The molecule has 1 heterocycles. The van der Waals surface area contributed by atoms with Crippen LogP contribution in [0.5, 0.6) is 0 Å². The molecular formula is C15H15N5O7. The van der Waals surface area contributed by atoms with Crippen molar-refractivity contribution in [1.82, 2.24) is 9.78 Å². The molecule has 0 fully saturated rings. The van der Waals surface area contributed by atoms with Crippen molar-refractivity contribution < 1.29 is 24.2 Å². The number of aryl methyl sites for hydroxylation is 1. The lowest BCUT2D eigenvalue weighted by Crippen LogP contribution is -2.13. The molecule has 142 valence electrons. The van der Waals surface area contributed by atoms with Gasteiger partial charge in [-0.15, -0.1) is 0 Å². The maximum Gasteiger partial charge on any atom is 0.356 e. The fraction of sp³-hybridized carbons (Fsp3) is 0.267. The first-order chi connectivity index (χ1) is 12.6. The van der Waals surface area contributed by atoms with Gasteiger partial charge in [-0.05, 0) is 13.8 Å². The standard InChI is InChI=1S/C15H15N5O7/c1-4-27-15(22)13-7-10(17-18(13)3)14(21)16-9-5-11(19(23)24)8(2)12(6-9)20(25)26/h5-7H,4H2,1-3H3,(H,16,21). The number of benzene rings is 1. The number of nitrogens with one attached hydrogen (secondary N) is 1. The number of nitro benzene ring substituents is 2. The summed E-state index contributed by atoms with van der Waals surface area (Å²) in [6.07, 6.45) is 0. The first-order valence-electron chi connectivity index (χ1n) is 7.61. The Morgan fingerprint density at radius 2 is 1.74 bits per heavy atom. The van der Waals surface area contributed by atoms with Crippen molar-refractivity contribution in [1.29, 1.82) is 0 Å². The van der Waals surface area contributed by atoms with Crippen molar-refractivity contribution in [2.24, 2.45) is 7.05 Å². The van der Waals surface area contributed by atoms with Crippen LogP contribution in [0, 0.1) is 27.2 Å². The predicted molar refractivity (Wildman–Crippen MR) is 91.6 cm³/mol. The lowest BCUT2D eigenvalue weighted by molar-refractivity contribution is -0.395. The Balaban J connectivity index is 2.36. The summed E-state index contributed by atoms with van der Waals surface area (Å²) in [5, 5.41) is 28.4. The summed E-state index contributed by atoms with van der Waals surface area (Å²) in [6, 6.07) is 3.20. The SMILES string of the molecule is CCOC(=O)c1cc(C(=O)Nc2cc([N+](=O)[O-])c(C)c([N+](=O)[O-])c2)nn1C. The number of ether oxygens (including phenoxy) is 1. The van der Waals surface area contributed by atoms with Gasteiger partial charge in [0.25, 0.3) is 17.3 Å². The van der Waals surface area contributed by atoms with Crippen LogP contribution in [-0.4, -0.2) is 38.1 Å². The van der Waals surface area contributed by atoms with Crippen molar-refractivity contribution in [2.45, 2.75) is 13.8 Å². The van der Waals surface area contributed by atoms with E-state index < -0.39 is 33.1 Å². The van der Waals surface area contributed by atoms with Crippen LogP contribution in [0.25, 0.3) is 0 Å². The van der Waals surface area contributed by atoms with E-state index in [0.29, 0.717) is 0 Å². The van der Waals surface area contributed by atoms with Crippen LogP contribution in [0.15, 0.2) is 18.2 Å². The van der Waals surface area contributed by atoms with Crippen LogP contribution >= 0.6 is 0 Å². The molecule has 0 unspecified atom stereocenters. The first-order valence-corrected chi connectivity index (χ1v) is 7.61. The summed E-state index contributed by atoms with van der Waals surface area (Å²) in [7, 11) is 1.44. The summed E-state index contributed by atoms with van der Waals surface area (Å²) in [6.45, 7) is 3.01. The lowest BCUT2D eigenvalue weighted by Gasteiger charge is -2.05. The van der Waals surface area contributed by atoms with Crippen molar-refractivity contribution >= 4 is 28.9 Å². The number of rotatable bonds is 6. The highest BCUT2D eigenvalue weighted by Gasteiger charge is 2.25. The minimum absolute atomic E-state index is 0.0304. The topological polar surface area (TPSA) is 160 Å². The van der Waals surface area contributed by atoms with E-state index in [4.69, 9.17) is 4.74 Å². The monoisotopic (exact) mass is 377 g/mol. The van der Waals surface area contributed by atoms with Gasteiger partial charge in [0, 0.05) is 25.2 Å². The van der Waals surface area contributed by atoms with Crippen LogP contribution in [0.2, 0.25) is 0 Å². The molecule has 0 spiro atoms. The molecule has 0 radical (unpaired) electrons. The van der Waals surface area contributed by atoms with Gasteiger partial charge in [-0.25, -0.2) is 4.79 Å². The Bertz CT molecular complexity index is 915. The van der Waals surface area contributed by atoms with Gasteiger partial charge in [0.05, 0.1) is 22.1 Å². The van der Waals surface area contributed by atoms with E-state index in [9.17, 15) is 29.8 Å². The van der Waals surface area contributed by atoms with E-state index in [1.54, 1.807) is 6.92 Å². The number of nitro groups is 2. The maximum atomic E-state index is 12.3. The Labute approximate surface area is 152 Å². The van der Waals surface area contributed by atoms with Gasteiger partial charge in [0.15, 0.2) is 5.69 Å². The molecule has 1 amide bonds. The third-order valence-electron chi connectivity index (χ3n) is 3.60. The van der Waals surface area contributed by atoms with E-state index in [0.717, 1.165) is 16.8 Å². The average Bonchev–Trinajstić information content (AvgIpc) is 2.98. The van der Waals surface area contributed by atoms with Gasteiger partial charge >= 0.3 is 5.97 Å². The second-order valence-corrected chi connectivity index (χ2v) is 5.37. The molecule has 0 saturated heterocycles. The maximum absolute atomic E-state index is 12.3. The summed E-state index contributed by atoms with van der Waals surface area (Å²) in [4.78, 5) is 44.7. The number of carbonyl (C=O) groups excluding carboxylic acids is 2. The normalized spacial score (nSPS) is 10.3. The molecule has 27 heavy (non-hydrogen) atoms. The van der Waals surface area contributed by atoms with E-state index in [1.807, 2.05) is 0 Å². The van der Waals surface area contributed by atoms with Crippen molar-refractivity contribution in [2.75, 3.05) is 11.9 Å². The zero-order valence-electron chi connectivity index (χ0n) is 14.6. The highest BCUT2D eigenvalue weighted by molar-refractivity contribution is 6.04. The minimum atomic E-state index is -0.798. The number of carbonyl (C=O) groups is 2. The molecule has 1 aromatic heterocycles. The van der Waals surface area contributed by atoms with E-state index in [-0.39, 0.29) is 29.2 Å².